The third kappa shape index (κ3) is 4.38. The Morgan fingerprint density at radius 2 is 1.75 bits per heavy atom. The van der Waals surface area contributed by atoms with E-state index in [1.807, 2.05) is 0 Å². The zero-order chi connectivity index (χ0) is 29.0. The van der Waals surface area contributed by atoms with E-state index in [1.54, 1.807) is 0 Å². The summed E-state index contributed by atoms with van der Waals surface area (Å²) in [7, 11) is 0. The molecule has 4 heterocycles. The highest BCUT2D eigenvalue weighted by atomic mass is 16.8. The van der Waals surface area contributed by atoms with E-state index in [2.05, 4.69) is 0 Å². The maximum absolute atomic E-state index is 13.5. The second-order valence-electron chi connectivity index (χ2n) is 9.95. The number of aliphatic hydroxyl groups excluding tert-OH is 3. The number of hydrogen-bond donors (Lipinski definition) is 4. The van der Waals surface area contributed by atoms with Gasteiger partial charge in [-0.1, -0.05) is 12.1 Å². The Morgan fingerprint density at radius 1 is 1.05 bits per heavy atom. The van der Waals surface area contributed by atoms with E-state index in [1.165, 1.54) is 24.3 Å². The molecule has 0 radical (unpaired) electrons. The van der Waals surface area contributed by atoms with Crippen LogP contribution in [0, 0.1) is 0 Å². The number of phenolic OH excluding ortho intramolecular Hbond substituents is 1. The lowest BCUT2D eigenvalue weighted by atomic mass is 9.75. The van der Waals surface area contributed by atoms with Crippen LogP contribution in [0.15, 0.2) is 24.3 Å². The maximum Gasteiger partial charge on any atom is 0.357 e. The molecule has 15 nitrogen and oxygen atoms in total. The lowest BCUT2D eigenvalue weighted by Crippen LogP contribution is -2.67. The Bertz CT molecular complexity index is 1190. The van der Waals surface area contributed by atoms with Crippen molar-refractivity contribution in [2.24, 2.45) is 0 Å². The second kappa shape index (κ2) is 10.2. The molecule has 1 aromatic carbocycles. The molecule has 5 rings (SSSR count). The smallest absolute Gasteiger partial charge is 0.357 e. The van der Waals surface area contributed by atoms with Gasteiger partial charge < -0.3 is 53.6 Å². The van der Waals surface area contributed by atoms with Crippen molar-refractivity contribution in [3.8, 4) is 5.75 Å². The van der Waals surface area contributed by atoms with Gasteiger partial charge in [0.15, 0.2) is 18.5 Å². The Labute approximate surface area is 226 Å². The summed E-state index contributed by atoms with van der Waals surface area (Å²) in [6.07, 6.45) is -11.8. The lowest BCUT2D eigenvalue weighted by molar-refractivity contribution is -0.389. The first-order chi connectivity index (χ1) is 18.9. The maximum atomic E-state index is 13.5. The molecule has 4 N–H and O–H groups in total. The number of aromatic hydroxyl groups is 1. The number of ether oxygens (including phenoxy) is 7. The second-order valence-corrected chi connectivity index (χ2v) is 9.95. The van der Waals surface area contributed by atoms with Crippen LogP contribution in [0.4, 0.5) is 0 Å². The van der Waals surface area contributed by atoms with E-state index in [0.717, 1.165) is 13.8 Å². The Balaban J connectivity index is 1.54. The van der Waals surface area contributed by atoms with Gasteiger partial charge in [-0.3, -0.25) is 14.4 Å². The largest absolute Gasteiger partial charge is 0.508 e. The fourth-order valence-corrected chi connectivity index (χ4v) is 5.65. The van der Waals surface area contributed by atoms with Gasteiger partial charge >= 0.3 is 23.9 Å². The highest BCUT2D eigenvalue weighted by molar-refractivity contribution is 5.92. The van der Waals surface area contributed by atoms with Crippen molar-refractivity contribution in [3.63, 3.8) is 0 Å². The van der Waals surface area contributed by atoms with Crippen LogP contribution >= 0.6 is 0 Å². The lowest BCUT2D eigenvalue weighted by Gasteiger charge is -2.46. The molecule has 0 bridgehead atoms. The molecular formula is C25H28O15. The van der Waals surface area contributed by atoms with Crippen LogP contribution in [0.1, 0.15) is 31.7 Å². The number of carbonyl (C=O) groups is 4. The van der Waals surface area contributed by atoms with Crippen LogP contribution in [0.25, 0.3) is 0 Å². The zero-order valence-corrected chi connectivity index (χ0v) is 21.3. The fourth-order valence-electron chi connectivity index (χ4n) is 5.65. The van der Waals surface area contributed by atoms with Crippen molar-refractivity contribution in [2.75, 3.05) is 13.2 Å². The molecule has 10 unspecified atom stereocenters. The van der Waals surface area contributed by atoms with Crippen molar-refractivity contribution < 1.29 is 72.8 Å². The topological polar surface area (TPSA) is 214 Å². The molecule has 40 heavy (non-hydrogen) atoms. The molecule has 0 aliphatic carbocycles. The number of aliphatic hydroxyl groups is 3. The molecule has 15 heteroatoms. The first-order valence-corrected chi connectivity index (χ1v) is 12.4. The molecule has 1 spiro atoms. The van der Waals surface area contributed by atoms with Crippen LogP contribution < -0.4 is 0 Å². The molecule has 1 aromatic rings. The predicted molar refractivity (Wildman–Crippen MR) is 123 cm³/mol. The Kier molecular flexibility index (Phi) is 7.22. The summed E-state index contributed by atoms with van der Waals surface area (Å²) in [6, 6.07) is 5.58. The van der Waals surface area contributed by atoms with Gasteiger partial charge in [-0.25, -0.2) is 4.79 Å². The molecule has 218 valence electrons. The van der Waals surface area contributed by atoms with Gasteiger partial charge in [0.2, 0.25) is 0 Å². The number of fused-ring (bicyclic) bond motifs is 2. The van der Waals surface area contributed by atoms with Gasteiger partial charge in [-0.15, -0.1) is 0 Å². The molecule has 4 aliphatic rings. The standard InChI is InChI=1S/C25H28O15/c1-10(26)34-9-16-20(36-11(2)27)18(31)19(32)22(37-16)40-25-21(15(29)8-35-25)38-23(33)24(25)14(7-17(30)39-24)12-3-5-13(28)6-4-12/h3-6,14-16,18-22,28-29,31-32H,7-9H2,1-2H3. The third-order valence-corrected chi connectivity index (χ3v) is 7.36. The number of hydrogen-bond acceptors (Lipinski definition) is 15. The van der Waals surface area contributed by atoms with Gasteiger partial charge in [0.1, 0.15) is 36.8 Å². The van der Waals surface area contributed by atoms with Gasteiger partial charge in [-0.05, 0) is 17.7 Å². The fraction of sp³-hybridized carbons (Fsp3) is 0.600. The van der Waals surface area contributed by atoms with Gasteiger partial charge in [0.25, 0.3) is 11.4 Å². The summed E-state index contributed by atoms with van der Waals surface area (Å²) in [4.78, 5) is 49.3. The first-order valence-electron chi connectivity index (χ1n) is 12.4. The monoisotopic (exact) mass is 568 g/mol. The van der Waals surface area contributed by atoms with Gasteiger partial charge in [-0.2, -0.15) is 0 Å². The number of rotatable bonds is 6. The quantitative estimate of drug-likeness (QED) is 0.219. The predicted octanol–water partition coefficient (Wildman–Crippen LogP) is -1.87. The van der Waals surface area contributed by atoms with Crippen LogP contribution in [0.5, 0.6) is 5.75 Å². The van der Waals surface area contributed by atoms with E-state index in [0.29, 0.717) is 5.56 Å². The van der Waals surface area contributed by atoms with Crippen LogP contribution in [-0.2, 0) is 52.3 Å². The van der Waals surface area contributed by atoms with E-state index in [9.17, 15) is 39.6 Å². The molecule has 0 saturated carbocycles. The highest BCUT2D eigenvalue weighted by Gasteiger charge is 2.82. The van der Waals surface area contributed by atoms with Crippen LogP contribution in [0.2, 0.25) is 0 Å². The number of esters is 4. The normalized spacial score (nSPS) is 40.4. The van der Waals surface area contributed by atoms with Gasteiger partial charge in [0, 0.05) is 13.8 Å². The van der Waals surface area contributed by atoms with Crippen molar-refractivity contribution in [2.45, 2.75) is 80.5 Å². The minimum absolute atomic E-state index is 0.0812. The molecule has 0 aromatic heterocycles. The van der Waals surface area contributed by atoms with Crippen molar-refractivity contribution in [1.29, 1.82) is 0 Å². The van der Waals surface area contributed by atoms with Crippen molar-refractivity contribution >= 4 is 23.9 Å². The minimum atomic E-state index is -2.39. The summed E-state index contributed by atoms with van der Waals surface area (Å²) in [6.45, 7) is 1.22. The average molecular weight is 568 g/mol. The van der Waals surface area contributed by atoms with Crippen LogP contribution in [0.3, 0.4) is 0 Å². The van der Waals surface area contributed by atoms with E-state index >= 15 is 0 Å². The van der Waals surface area contributed by atoms with Crippen molar-refractivity contribution in [1.82, 2.24) is 0 Å². The van der Waals surface area contributed by atoms with Gasteiger partial charge in [0.05, 0.1) is 18.9 Å². The molecular weight excluding hydrogens is 540 g/mol. The molecule has 4 saturated heterocycles. The summed E-state index contributed by atoms with van der Waals surface area (Å²) in [5.41, 5.74) is -1.97. The Morgan fingerprint density at radius 3 is 2.40 bits per heavy atom. The van der Waals surface area contributed by atoms with E-state index in [-0.39, 0.29) is 12.2 Å². The van der Waals surface area contributed by atoms with E-state index in [4.69, 9.17) is 33.2 Å². The Hall–Kier alpha value is -3.34. The zero-order valence-electron chi connectivity index (χ0n) is 21.3. The third-order valence-electron chi connectivity index (χ3n) is 7.36. The number of carbonyl (C=O) groups excluding carboxylic acids is 4. The summed E-state index contributed by atoms with van der Waals surface area (Å²) < 4.78 is 38.8. The number of phenols is 1. The average Bonchev–Trinajstić information content (AvgIpc) is 3.49. The molecule has 4 aliphatic heterocycles. The summed E-state index contributed by atoms with van der Waals surface area (Å²) in [5, 5.41) is 42.2. The van der Waals surface area contributed by atoms with Crippen molar-refractivity contribution in [3.05, 3.63) is 29.8 Å². The summed E-state index contributed by atoms with van der Waals surface area (Å²) in [5.74, 6) is -7.02. The molecule has 10 atom stereocenters. The van der Waals surface area contributed by atoms with E-state index < -0.39 is 97.3 Å². The SMILES string of the molecule is CC(=O)OCC1OC(OC23OCC(O)C2OC(=O)C32OC(=O)CC2c2ccc(O)cc2)C(O)C(O)C1OC(C)=O. The first kappa shape index (κ1) is 28.2. The molecule has 0 amide bonds. The summed E-state index contributed by atoms with van der Waals surface area (Å²) >= 11 is 0. The minimum Gasteiger partial charge on any atom is -0.508 e. The molecule has 4 fully saturated rings. The van der Waals surface area contributed by atoms with Crippen LogP contribution in [-0.4, -0.2) is 112 Å². The highest BCUT2D eigenvalue weighted by Crippen LogP contribution is 2.58. The number of benzene rings is 1.